The molecule has 1 atom stereocenters. The molecule has 1 aromatic carbocycles. The molecular formula is C24H27F6N5O2. The number of amides is 1. The van der Waals surface area contributed by atoms with Crippen molar-refractivity contribution in [2.45, 2.75) is 57.4 Å². The molecule has 7 nitrogen and oxygen atoms in total. The number of rotatable bonds is 3. The third-order valence-electron chi connectivity index (χ3n) is 7.18. The molecule has 3 aliphatic heterocycles. The van der Waals surface area contributed by atoms with E-state index in [0.717, 1.165) is 37.7 Å². The standard InChI is InChI=1S/C24H27F6N5O2/c25-23(26,27)17-9-16(10-18(11-17)24(28,29)30)15-37-22(36)34-5-2-6-35-20(14-34)12-21(31-35)33-8-7-32-4-1-3-19(32)13-33/h9-12,19H,1-8,13-15H2/t19-/m0/s1. The van der Waals surface area contributed by atoms with Gasteiger partial charge in [-0.15, -0.1) is 0 Å². The lowest BCUT2D eigenvalue weighted by Gasteiger charge is -2.37. The number of ether oxygens (including phenoxy) is 1. The van der Waals surface area contributed by atoms with E-state index < -0.39 is 36.2 Å². The number of carbonyl (C=O) groups is 1. The molecule has 5 rings (SSSR count). The van der Waals surface area contributed by atoms with Gasteiger partial charge in [-0.25, -0.2) is 4.79 Å². The minimum atomic E-state index is -4.97. The smallest absolute Gasteiger partial charge is 0.416 e. The van der Waals surface area contributed by atoms with E-state index in [-0.39, 0.29) is 18.2 Å². The molecule has 0 spiro atoms. The number of aryl methyl sites for hydroxylation is 1. The van der Waals surface area contributed by atoms with Crippen LogP contribution in [0.25, 0.3) is 0 Å². The van der Waals surface area contributed by atoms with Crippen molar-refractivity contribution in [2.75, 3.05) is 37.6 Å². The second-order valence-corrected chi connectivity index (χ2v) is 9.74. The third-order valence-corrected chi connectivity index (χ3v) is 7.18. The van der Waals surface area contributed by atoms with Gasteiger partial charge in [-0.2, -0.15) is 31.4 Å². The van der Waals surface area contributed by atoms with Crippen LogP contribution in [0.3, 0.4) is 0 Å². The molecule has 0 aliphatic carbocycles. The Bertz CT molecular complexity index is 1120. The van der Waals surface area contributed by atoms with Crippen molar-refractivity contribution in [1.82, 2.24) is 19.6 Å². The first-order valence-electron chi connectivity index (χ1n) is 12.2. The Morgan fingerprint density at radius 2 is 1.65 bits per heavy atom. The Morgan fingerprint density at radius 3 is 2.35 bits per heavy atom. The molecule has 4 heterocycles. The van der Waals surface area contributed by atoms with Crippen LogP contribution in [0.15, 0.2) is 24.3 Å². The molecule has 0 N–H and O–H groups in total. The largest absolute Gasteiger partial charge is 0.445 e. The molecule has 0 unspecified atom stereocenters. The SMILES string of the molecule is O=C(OCc1cc(C(F)(F)F)cc(C(F)(F)F)c1)N1CCCn2nc(N3CCN4CCC[C@H]4C3)cc2C1. The number of benzene rings is 1. The minimum Gasteiger partial charge on any atom is -0.445 e. The maximum absolute atomic E-state index is 13.1. The fourth-order valence-corrected chi connectivity index (χ4v) is 5.30. The number of piperazine rings is 1. The van der Waals surface area contributed by atoms with E-state index in [1.807, 2.05) is 10.7 Å². The van der Waals surface area contributed by atoms with Gasteiger partial charge in [0.15, 0.2) is 5.82 Å². The first kappa shape index (κ1) is 25.7. The highest BCUT2D eigenvalue weighted by molar-refractivity contribution is 5.67. The summed E-state index contributed by atoms with van der Waals surface area (Å²) in [5.74, 6) is 0.848. The number of aromatic nitrogens is 2. The molecule has 2 fully saturated rings. The van der Waals surface area contributed by atoms with E-state index in [4.69, 9.17) is 9.84 Å². The molecule has 0 radical (unpaired) electrons. The second-order valence-electron chi connectivity index (χ2n) is 9.74. The Hall–Kier alpha value is -2.96. The first-order valence-corrected chi connectivity index (χ1v) is 12.2. The summed E-state index contributed by atoms with van der Waals surface area (Å²) in [6, 6.07) is 3.65. The van der Waals surface area contributed by atoms with Gasteiger partial charge in [-0.1, -0.05) is 0 Å². The zero-order valence-electron chi connectivity index (χ0n) is 20.0. The molecule has 1 aromatic heterocycles. The van der Waals surface area contributed by atoms with E-state index >= 15 is 0 Å². The molecule has 13 heteroatoms. The van der Waals surface area contributed by atoms with Crippen molar-refractivity contribution in [1.29, 1.82) is 0 Å². The van der Waals surface area contributed by atoms with Crippen LogP contribution < -0.4 is 4.90 Å². The Labute approximate surface area is 209 Å². The van der Waals surface area contributed by atoms with Crippen molar-refractivity contribution in [2.24, 2.45) is 0 Å². The number of halogens is 6. The fraction of sp³-hybridized carbons (Fsp3) is 0.583. The molecule has 2 aromatic rings. The van der Waals surface area contributed by atoms with E-state index in [2.05, 4.69) is 9.80 Å². The average Bonchev–Trinajstić information content (AvgIpc) is 3.42. The number of anilines is 1. The highest BCUT2D eigenvalue weighted by Gasteiger charge is 2.37. The zero-order valence-corrected chi connectivity index (χ0v) is 20.0. The predicted octanol–water partition coefficient (Wildman–Crippen LogP) is 4.75. The van der Waals surface area contributed by atoms with Gasteiger partial charge in [-0.3, -0.25) is 9.58 Å². The third kappa shape index (κ3) is 5.65. The highest BCUT2D eigenvalue weighted by atomic mass is 19.4. The molecule has 1 amide bonds. The molecule has 37 heavy (non-hydrogen) atoms. The summed E-state index contributed by atoms with van der Waals surface area (Å²) in [4.78, 5) is 18.9. The fourth-order valence-electron chi connectivity index (χ4n) is 5.30. The molecule has 3 aliphatic rings. The summed E-state index contributed by atoms with van der Waals surface area (Å²) in [5, 5.41) is 4.73. The second kappa shape index (κ2) is 9.73. The molecule has 2 saturated heterocycles. The Balaban J connectivity index is 1.25. The Morgan fingerprint density at radius 1 is 0.919 bits per heavy atom. The first-order chi connectivity index (χ1) is 17.5. The number of nitrogens with zero attached hydrogens (tertiary/aromatic N) is 5. The molecular weight excluding hydrogens is 504 g/mol. The lowest BCUT2D eigenvalue weighted by Crippen LogP contribution is -2.50. The van der Waals surface area contributed by atoms with Gasteiger partial charge in [0.1, 0.15) is 6.61 Å². The predicted molar refractivity (Wildman–Crippen MR) is 121 cm³/mol. The monoisotopic (exact) mass is 531 g/mol. The molecule has 0 bridgehead atoms. The summed E-state index contributed by atoms with van der Waals surface area (Å²) in [6.45, 7) is 4.28. The van der Waals surface area contributed by atoms with Crippen LogP contribution in [0.1, 0.15) is 41.6 Å². The Kier molecular flexibility index (Phi) is 6.75. The maximum Gasteiger partial charge on any atom is 0.416 e. The van der Waals surface area contributed by atoms with Crippen molar-refractivity contribution in [3.63, 3.8) is 0 Å². The van der Waals surface area contributed by atoms with Crippen LogP contribution in [0.4, 0.5) is 37.0 Å². The lowest BCUT2D eigenvalue weighted by molar-refractivity contribution is -0.143. The van der Waals surface area contributed by atoms with E-state index in [9.17, 15) is 31.1 Å². The topological polar surface area (TPSA) is 53.8 Å². The van der Waals surface area contributed by atoms with E-state index in [1.165, 1.54) is 17.7 Å². The summed E-state index contributed by atoms with van der Waals surface area (Å²) >= 11 is 0. The van der Waals surface area contributed by atoms with Crippen LogP contribution in [0.2, 0.25) is 0 Å². The van der Waals surface area contributed by atoms with Crippen LogP contribution in [-0.4, -0.2) is 64.4 Å². The van der Waals surface area contributed by atoms with Gasteiger partial charge in [0.25, 0.3) is 0 Å². The number of carbonyl (C=O) groups excluding carboxylic acids is 1. The number of hydrogen-bond donors (Lipinski definition) is 0. The van der Waals surface area contributed by atoms with Gasteiger partial charge in [0.2, 0.25) is 0 Å². The van der Waals surface area contributed by atoms with Crippen LogP contribution in [-0.2, 0) is 36.8 Å². The van der Waals surface area contributed by atoms with Crippen molar-refractivity contribution >= 4 is 11.9 Å². The van der Waals surface area contributed by atoms with Crippen molar-refractivity contribution < 1.29 is 35.9 Å². The lowest BCUT2D eigenvalue weighted by atomic mass is 10.1. The van der Waals surface area contributed by atoms with Gasteiger partial charge in [-0.05, 0) is 49.6 Å². The number of alkyl halides is 6. The van der Waals surface area contributed by atoms with Crippen molar-refractivity contribution in [3.05, 3.63) is 46.6 Å². The summed E-state index contributed by atoms with van der Waals surface area (Å²) in [5.41, 5.74) is -2.48. The van der Waals surface area contributed by atoms with E-state index in [1.54, 1.807) is 0 Å². The normalized spacial score (nSPS) is 21.0. The van der Waals surface area contributed by atoms with Gasteiger partial charge in [0, 0.05) is 44.8 Å². The van der Waals surface area contributed by atoms with Crippen LogP contribution in [0.5, 0.6) is 0 Å². The van der Waals surface area contributed by atoms with Gasteiger partial charge >= 0.3 is 18.4 Å². The highest BCUT2D eigenvalue weighted by Crippen LogP contribution is 2.36. The van der Waals surface area contributed by atoms with E-state index in [0.29, 0.717) is 37.7 Å². The average molecular weight is 532 g/mol. The van der Waals surface area contributed by atoms with Gasteiger partial charge < -0.3 is 14.5 Å². The summed E-state index contributed by atoms with van der Waals surface area (Å²) < 4.78 is 85.7. The minimum absolute atomic E-state index is 0.0471. The molecule has 202 valence electrons. The summed E-state index contributed by atoms with van der Waals surface area (Å²) in [7, 11) is 0. The van der Waals surface area contributed by atoms with Gasteiger partial charge in [0.05, 0.1) is 23.4 Å². The van der Waals surface area contributed by atoms with Crippen molar-refractivity contribution in [3.8, 4) is 0 Å². The number of hydrogen-bond acceptors (Lipinski definition) is 5. The summed E-state index contributed by atoms with van der Waals surface area (Å²) in [6.07, 6.45) is -7.78. The number of fused-ring (bicyclic) bond motifs is 2. The van der Waals surface area contributed by atoms with Crippen LogP contribution in [0, 0.1) is 0 Å². The zero-order chi connectivity index (χ0) is 26.4. The maximum atomic E-state index is 13.1. The molecule has 0 saturated carbocycles. The van der Waals surface area contributed by atoms with Crippen LogP contribution >= 0.6 is 0 Å². The quantitative estimate of drug-likeness (QED) is 0.536.